The summed E-state index contributed by atoms with van der Waals surface area (Å²) in [5, 5.41) is 3.45. The first kappa shape index (κ1) is 17.4. The van der Waals surface area contributed by atoms with Crippen molar-refractivity contribution in [2.24, 2.45) is 0 Å². The normalized spacial score (nSPS) is 12.4. The van der Waals surface area contributed by atoms with Crippen LogP contribution in [0.5, 0.6) is 0 Å². The Morgan fingerprint density at radius 3 is 2.52 bits per heavy atom. The minimum Gasteiger partial charge on any atom is -0.310 e. The monoisotopic (exact) mass is 525 g/mol. The minimum absolute atomic E-state index is 0.0863. The second-order valence-electron chi connectivity index (χ2n) is 4.72. The fourth-order valence-corrected chi connectivity index (χ4v) is 3.74. The van der Waals surface area contributed by atoms with E-state index in [0.29, 0.717) is 12.0 Å². The maximum Gasteiger partial charge on any atom is 0.126 e. The predicted molar refractivity (Wildman–Crippen MR) is 101 cm³/mol. The molecule has 0 radical (unpaired) electrons. The first-order valence-electron chi connectivity index (χ1n) is 6.63. The fourth-order valence-electron chi connectivity index (χ4n) is 2.24. The van der Waals surface area contributed by atoms with Gasteiger partial charge >= 0.3 is 0 Å². The third-order valence-corrected chi connectivity index (χ3v) is 5.18. The molecule has 0 saturated carbocycles. The summed E-state index contributed by atoms with van der Waals surface area (Å²) in [5.74, 6) is -0.161. The summed E-state index contributed by atoms with van der Waals surface area (Å²) in [5.41, 5.74) is 1.90. The lowest BCUT2D eigenvalue weighted by Crippen LogP contribution is -2.24. The minimum atomic E-state index is -0.161. The van der Waals surface area contributed by atoms with Crippen molar-refractivity contribution in [3.63, 3.8) is 0 Å². The van der Waals surface area contributed by atoms with Gasteiger partial charge in [0.25, 0.3) is 0 Å². The van der Waals surface area contributed by atoms with Crippen molar-refractivity contribution in [1.82, 2.24) is 5.32 Å². The highest BCUT2D eigenvalue weighted by Gasteiger charge is 2.17. The van der Waals surface area contributed by atoms with Gasteiger partial charge in [0, 0.05) is 18.6 Å². The molecule has 2 aromatic carbocycles. The largest absolute Gasteiger partial charge is 0.310 e. The lowest BCUT2D eigenvalue weighted by molar-refractivity contribution is 0.526. The Labute approximate surface area is 155 Å². The number of benzene rings is 2. The van der Waals surface area contributed by atoms with E-state index in [1.807, 2.05) is 12.1 Å². The standard InChI is InChI=1S/C16H15Br2FIN/c1-2-21-16(13-9-12(18)4-6-15(13)20)8-10-7-11(17)3-5-14(10)19/h3-7,9,16,21H,2,8H2,1H3. The average molecular weight is 527 g/mol. The molecule has 2 rings (SSSR count). The molecule has 1 nitrogen and oxygen atoms in total. The maximum absolute atomic E-state index is 14.0. The third-order valence-electron chi connectivity index (χ3n) is 3.22. The van der Waals surface area contributed by atoms with Crippen LogP contribution >= 0.6 is 54.5 Å². The van der Waals surface area contributed by atoms with Gasteiger partial charge in [-0.05, 0) is 83.1 Å². The summed E-state index contributed by atoms with van der Waals surface area (Å²) in [6, 6.07) is 11.4. The number of likely N-dealkylation sites (N-methyl/N-ethyl adjacent to an activating group) is 1. The molecule has 0 heterocycles. The summed E-state index contributed by atoms with van der Waals surface area (Å²) < 4.78 is 17.1. The molecule has 0 saturated heterocycles. The molecule has 1 unspecified atom stereocenters. The molecule has 0 aromatic heterocycles. The topological polar surface area (TPSA) is 12.0 Å². The zero-order chi connectivity index (χ0) is 15.4. The third kappa shape index (κ3) is 4.74. The quantitative estimate of drug-likeness (QED) is 0.482. The molecule has 0 amide bonds. The molecular weight excluding hydrogens is 512 g/mol. The van der Waals surface area contributed by atoms with E-state index in [2.05, 4.69) is 78.8 Å². The Kier molecular flexibility index (Phi) is 6.65. The summed E-state index contributed by atoms with van der Waals surface area (Å²) in [6.45, 7) is 2.90. The summed E-state index contributed by atoms with van der Waals surface area (Å²) >= 11 is 9.25. The second kappa shape index (κ2) is 8.04. The lowest BCUT2D eigenvalue weighted by Gasteiger charge is -2.21. The second-order valence-corrected chi connectivity index (χ2v) is 7.71. The first-order chi connectivity index (χ1) is 10.0. The maximum atomic E-state index is 14.0. The molecule has 21 heavy (non-hydrogen) atoms. The van der Waals surface area contributed by atoms with E-state index in [4.69, 9.17) is 0 Å². The average Bonchev–Trinajstić information content (AvgIpc) is 2.45. The van der Waals surface area contributed by atoms with Crippen molar-refractivity contribution in [2.75, 3.05) is 6.54 Å². The van der Waals surface area contributed by atoms with Crippen molar-refractivity contribution in [3.8, 4) is 0 Å². The highest BCUT2D eigenvalue weighted by atomic mass is 127. The highest BCUT2D eigenvalue weighted by molar-refractivity contribution is 14.1. The number of halogens is 4. The predicted octanol–water partition coefficient (Wildman–Crippen LogP) is 5.85. The molecule has 0 aliphatic heterocycles. The fraction of sp³-hybridized carbons (Fsp3) is 0.250. The van der Waals surface area contributed by atoms with Crippen LogP contribution in [-0.4, -0.2) is 6.54 Å². The summed E-state index contributed by atoms with van der Waals surface area (Å²) in [7, 11) is 0. The number of rotatable bonds is 5. The first-order valence-corrected chi connectivity index (χ1v) is 9.30. The lowest BCUT2D eigenvalue weighted by atomic mass is 9.98. The van der Waals surface area contributed by atoms with Crippen molar-refractivity contribution < 1.29 is 4.39 Å². The van der Waals surface area contributed by atoms with E-state index in [1.54, 1.807) is 6.07 Å². The van der Waals surface area contributed by atoms with Gasteiger partial charge in [-0.2, -0.15) is 0 Å². The molecule has 2 aromatic rings. The van der Waals surface area contributed by atoms with E-state index in [9.17, 15) is 4.39 Å². The van der Waals surface area contributed by atoms with Gasteiger partial charge in [-0.15, -0.1) is 0 Å². The van der Waals surface area contributed by atoms with Crippen molar-refractivity contribution >= 4 is 54.5 Å². The van der Waals surface area contributed by atoms with Crippen molar-refractivity contribution in [1.29, 1.82) is 0 Å². The van der Waals surface area contributed by atoms with E-state index in [1.165, 1.54) is 15.2 Å². The molecule has 5 heteroatoms. The highest BCUT2D eigenvalue weighted by Crippen LogP contribution is 2.28. The Morgan fingerprint density at radius 1 is 1.14 bits per heavy atom. The zero-order valence-corrected chi connectivity index (χ0v) is 16.8. The van der Waals surface area contributed by atoms with Crippen LogP contribution < -0.4 is 5.32 Å². The van der Waals surface area contributed by atoms with Gasteiger partial charge in [0.2, 0.25) is 0 Å². The molecule has 1 atom stereocenters. The van der Waals surface area contributed by atoms with Gasteiger partial charge < -0.3 is 5.32 Å². The molecule has 0 bridgehead atoms. The van der Waals surface area contributed by atoms with Gasteiger partial charge in [-0.25, -0.2) is 4.39 Å². The molecule has 112 valence electrons. The van der Waals surface area contributed by atoms with Crippen LogP contribution in [-0.2, 0) is 6.42 Å². The number of nitrogens with one attached hydrogen (secondary N) is 1. The van der Waals surface area contributed by atoms with E-state index in [-0.39, 0.29) is 11.9 Å². The van der Waals surface area contributed by atoms with Gasteiger partial charge in [0.1, 0.15) is 5.82 Å². The van der Waals surface area contributed by atoms with Gasteiger partial charge in [-0.1, -0.05) is 38.8 Å². The Hall–Kier alpha value is 0.0200. The number of hydrogen-bond acceptors (Lipinski definition) is 1. The van der Waals surface area contributed by atoms with E-state index < -0.39 is 0 Å². The van der Waals surface area contributed by atoms with Crippen LogP contribution in [0.2, 0.25) is 0 Å². The van der Waals surface area contributed by atoms with E-state index in [0.717, 1.165) is 15.5 Å². The van der Waals surface area contributed by atoms with Gasteiger partial charge in [-0.3, -0.25) is 0 Å². The van der Waals surface area contributed by atoms with Gasteiger partial charge in [0.15, 0.2) is 0 Å². The SMILES string of the molecule is CCNC(Cc1cc(Br)ccc1F)c1cc(Br)ccc1I. The molecule has 0 aliphatic rings. The molecule has 0 spiro atoms. The molecule has 0 aliphatic carbocycles. The van der Waals surface area contributed by atoms with Crippen molar-refractivity contribution in [3.05, 3.63) is 65.9 Å². The molecular formula is C16H15Br2FIN. The van der Waals surface area contributed by atoms with Crippen molar-refractivity contribution in [2.45, 2.75) is 19.4 Å². The van der Waals surface area contributed by atoms with Crippen LogP contribution in [0.4, 0.5) is 4.39 Å². The van der Waals surface area contributed by atoms with Crippen LogP contribution in [0, 0.1) is 9.39 Å². The Bertz CT molecular complexity index is 634. The summed E-state index contributed by atoms with van der Waals surface area (Å²) in [6.07, 6.45) is 0.617. The Morgan fingerprint density at radius 2 is 1.81 bits per heavy atom. The smallest absolute Gasteiger partial charge is 0.126 e. The number of hydrogen-bond donors (Lipinski definition) is 1. The van der Waals surface area contributed by atoms with Gasteiger partial charge in [0.05, 0.1) is 0 Å². The molecule has 1 N–H and O–H groups in total. The van der Waals surface area contributed by atoms with Crippen LogP contribution in [0.15, 0.2) is 45.3 Å². The van der Waals surface area contributed by atoms with Crippen LogP contribution in [0.25, 0.3) is 0 Å². The van der Waals surface area contributed by atoms with E-state index >= 15 is 0 Å². The Balaban J connectivity index is 2.35. The van der Waals surface area contributed by atoms with Crippen LogP contribution in [0.3, 0.4) is 0 Å². The summed E-state index contributed by atoms with van der Waals surface area (Å²) in [4.78, 5) is 0. The zero-order valence-electron chi connectivity index (χ0n) is 11.5. The molecule has 0 fully saturated rings. The van der Waals surface area contributed by atoms with Crippen LogP contribution in [0.1, 0.15) is 24.1 Å².